The Morgan fingerprint density at radius 1 is 0.938 bits per heavy atom. The summed E-state index contributed by atoms with van der Waals surface area (Å²) in [5.41, 5.74) is 0.367. The van der Waals surface area contributed by atoms with Crippen LogP contribution in [0.15, 0.2) is 109 Å². The van der Waals surface area contributed by atoms with Crippen LogP contribution in [0.3, 0.4) is 0 Å². The zero-order valence-electron chi connectivity index (χ0n) is 25.4. The monoisotopic (exact) mass is 664 g/mol. The Morgan fingerprint density at radius 2 is 1.58 bits per heavy atom. The van der Waals surface area contributed by atoms with Crippen LogP contribution in [0.2, 0.25) is 0 Å². The van der Waals surface area contributed by atoms with Crippen LogP contribution in [0.4, 0.5) is 23.7 Å². The fraction of sp³-hybridized carbons (Fsp3) is 0.206. The number of rotatable bonds is 13. The number of hydrogen-bond donors (Lipinski definition) is 3. The van der Waals surface area contributed by atoms with E-state index in [-0.39, 0.29) is 36.7 Å². The molecule has 2 unspecified atom stereocenters. The quantitative estimate of drug-likeness (QED) is 0.138. The Kier molecular flexibility index (Phi) is 11.8. The van der Waals surface area contributed by atoms with Crippen molar-refractivity contribution in [2.45, 2.75) is 37.9 Å². The minimum Gasteiger partial charge on any atom is -0.458 e. The number of halogens is 3. The first-order valence-corrected chi connectivity index (χ1v) is 14.5. The van der Waals surface area contributed by atoms with Crippen molar-refractivity contribution < 1.29 is 42.1 Å². The Balaban J connectivity index is 1.51. The van der Waals surface area contributed by atoms with Crippen LogP contribution in [-0.4, -0.2) is 57.6 Å². The number of carbonyl (C=O) groups is 3. The number of anilines is 1. The largest absolute Gasteiger partial charge is 0.458 e. The van der Waals surface area contributed by atoms with Crippen molar-refractivity contribution in [2.75, 3.05) is 11.9 Å². The fourth-order valence-corrected chi connectivity index (χ4v) is 4.53. The lowest BCUT2D eigenvalue weighted by molar-refractivity contribution is -0.212. The zero-order valence-corrected chi connectivity index (χ0v) is 25.4. The van der Waals surface area contributed by atoms with Gasteiger partial charge >= 0.3 is 18.2 Å². The van der Waals surface area contributed by atoms with Crippen molar-refractivity contribution >= 4 is 23.7 Å². The van der Waals surface area contributed by atoms with Crippen LogP contribution in [-0.2, 0) is 33.8 Å². The lowest BCUT2D eigenvalue weighted by Gasteiger charge is -2.26. The van der Waals surface area contributed by atoms with Gasteiger partial charge in [-0.2, -0.15) is 13.2 Å². The molecule has 0 aliphatic heterocycles. The summed E-state index contributed by atoms with van der Waals surface area (Å²) in [5, 5.41) is 14.5. The molecular formula is C34H31F3N4O7. The second-order valence-corrected chi connectivity index (χ2v) is 10.4. The van der Waals surface area contributed by atoms with Crippen molar-refractivity contribution in [1.82, 2.24) is 14.9 Å². The Morgan fingerprint density at radius 3 is 2.21 bits per heavy atom. The fourth-order valence-electron chi connectivity index (χ4n) is 4.53. The molecule has 1 heterocycles. The molecule has 1 aromatic heterocycles. The SMILES string of the molecule is C=CCOC(=O)c1ccc(COC(=O)Nc2cnc(-c3ccccc3)n(CC(=O)NC(Cc3ccccc3)C(O)C(F)(F)F)c2=O)cc1. The molecule has 0 radical (unpaired) electrons. The summed E-state index contributed by atoms with van der Waals surface area (Å²) in [6.07, 6.45) is -6.82. The molecule has 4 rings (SSSR count). The van der Waals surface area contributed by atoms with Gasteiger partial charge in [-0.05, 0) is 29.7 Å². The number of aliphatic hydroxyl groups excluding tert-OH is 1. The molecule has 48 heavy (non-hydrogen) atoms. The zero-order chi connectivity index (χ0) is 34.7. The Bertz CT molecular complexity index is 1780. The van der Waals surface area contributed by atoms with Crippen LogP contribution in [0.25, 0.3) is 11.4 Å². The van der Waals surface area contributed by atoms with Gasteiger partial charge in [-0.25, -0.2) is 14.6 Å². The highest BCUT2D eigenvalue weighted by Gasteiger charge is 2.44. The first-order valence-electron chi connectivity index (χ1n) is 14.5. The van der Waals surface area contributed by atoms with E-state index in [1.54, 1.807) is 72.8 Å². The van der Waals surface area contributed by atoms with E-state index in [1.165, 1.54) is 18.2 Å². The number of nitrogens with zero attached hydrogens (tertiary/aromatic N) is 2. The Hall–Kier alpha value is -5.76. The maximum atomic E-state index is 13.5. The molecule has 11 nitrogen and oxygen atoms in total. The van der Waals surface area contributed by atoms with Crippen molar-refractivity contribution in [3.05, 3.63) is 131 Å². The first-order chi connectivity index (χ1) is 23.0. The second kappa shape index (κ2) is 16.2. The molecule has 0 bridgehead atoms. The average molecular weight is 665 g/mol. The van der Waals surface area contributed by atoms with E-state index < -0.39 is 48.4 Å². The van der Waals surface area contributed by atoms with Crippen LogP contribution in [0.1, 0.15) is 21.5 Å². The van der Waals surface area contributed by atoms with Gasteiger partial charge in [0, 0.05) is 5.56 Å². The Labute approximate surface area is 272 Å². The summed E-state index contributed by atoms with van der Waals surface area (Å²) in [5.74, 6) is -1.58. The summed E-state index contributed by atoms with van der Waals surface area (Å²) in [6.45, 7) is 2.49. The van der Waals surface area contributed by atoms with Gasteiger partial charge in [0.2, 0.25) is 5.91 Å². The standard InChI is InChI=1S/C34H31F3N4O7/c1-2-17-47-32(45)25-15-13-23(14-16-25)21-48-33(46)40-27-19-38-30(24-11-7-4-8-12-24)41(31(27)44)20-28(42)39-26(29(43)34(35,36)37)18-22-9-5-3-6-10-22/h2-16,19,26,29,43H,1,17-18,20-21H2,(H,39,42)(H,40,46). The molecule has 3 N–H and O–H groups in total. The van der Waals surface area contributed by atoms with Gasteiger partial charge in [-0.3, -0.25) is 19.5 Å². The summed E-state index contributed by atoms with van der Waals surface area (Å²) >= 11 is 0. The highest BCUT2D eigenvalue weighted by molar-refractivity contribution is 5.89. The van der Waals surface area contributed by atoms with E-state index in [4.69, 9.17) is 9.47 Å². The average Bonchev–Trinajstić information content (AvgIpc) is 3.08. The second-order valence-electron chi connectivity index (χ2n) is 10.4. The molecular weight excluding hydrogens is 633 g/mol. The number of nitrogens with one attached hydrogen (secondary N) is 2. The minimum atomic E-state index is -5.04. The molecule has 3 aromatic carbocycles. The predicted octanol–water partition coefficient (Wildman–Crippen LogP) is 4.65. The topological polar surface area (TPSA) is 149 Å². The molecule has 0 spiro atoms. The first kappa shape index (κ1) is 35.1. The lowest BCUT2D eigenvalue weighted by Crippen LogP contribution is -2.52. The van der Waals surface area contributed by atoms with Crippen LogP contribution in [0, 0.1) is 0 Å². The van der Waals surface area contributed by atoms with Gasteiger partial charge in [0.25, 0.3) is 5.56 Å². The molecule has 14 heteroatoms. The van der Waals surface area contributed by atoms with Gasteiger partial charge in [0.1, 0.15) is 31.3 Å². The number of benzene rings is 3. The number of hydrogen-bond acceptors (Lipinski definition) is 8. The molecule has 0 fully saturated rings. The van der Waals surface area contributed by atoms with Gasteiger partial charge in [0.15, 0.2) is 6.10 Å². The third-order valence-electron chi connectivity index (χ3n) is 6.87. The normalized spacial score (nSPS) is 12.3. The number of aromatic nitrogens is 2. The number of ether oxygens (including phenoxy) is 2. The van der Waals surface area contributed by atoms with Gasteiger partial charge < -0.3 is 19.9 Å². The molecule has 0 aliphatic carbocycles. The van der Waals surface area contributed by atoms with Crippen LogP contribution < -0.4 is 16.2 Å². The summed E-state index contributed by atoms with van der Waals surface area (Å²) < 4.78 is 51.6. The molecule has 0 aliphatic rings. The molecule has 250 valence electrons. The lowest BCUT2D eigenvalue weighted by atomic mass is 10.0. The maximum Gasteiger partial charge on any atom is 0.416 e. The van der Waals surface area contributed by atoms with E-state index in [1.807, 2.05) is 0 Å². The number of amides is 2. The predicted molar refractivity (Wildman–Crippen MR) is 169 cm³/mol. The van der Waals surface area contributed by atoms with Crippen molar-refractivity contribution in [3.8, 4) is 11.4 Å². The molecule has 0 saturated heterocycles. The van der Waals surface area contributed by atoms with Gasteiger partial charge in [-0.15, -0.1) is 0 Å². The number of aliphatic hydroxyl groups is 1. The maximum absolute atomic E-state index is 13.5. The highest BCUT2D eigenvalue weighted by Crippen LogP contribution is 2.24. The number of esters is 1. The van der Waals surface area contributed by atoms with E-state index in [0.717, 1.165) is 10.8 Å². The van der Waals surface area contributed by atoms with Gasteiger partial charge in [0.05, 0.1) is 17.8 Å². The molecule has 4 aromatic rings. The molecule has 2 atom stereocenters. The van der Waals surface area contributed by atoms with E-state index in [9.17, 15) is 37.5 Å². The number of alkyl halides is 3. The molecule has 0 saturated carbocycles. The minimum absolute atomic E-state index is 0.00245. The van der Waals surface area contributed by atoms with Gasteiger partial charge in [-0.1, -0.05) is 85.5 Å². The smallest absolute Gasteiger partial charge is 0.416 e. The van der Waals surface area contributed by atoms with Crippen LogP contribution in [0.5, 0.6) is 0 Å². The number of carbonyl (C=O) groups excluding carboxylic acids is 3. The third-order valence-corrected chi connectivity index (χ3v) is 6.87. The van der Waals surface area contributed by atoms with Crippen molar-refractivity contribution in [1.29, 1.82) is 0 Å². The van der Waals surface area contributed by atoms with Crippen LogP contribution >= 0.6 is 0 Å². The van der Waals surface area contributed by atoms with E-state index >= 15 is 0 Å². The molecule has 2 amide bonds. The summed E-state index contributed by atoms with van der Waals surface area (Å²) in [6, 6.07) is 20.5. The van der Waals surface area contributed by atoms with E-state index in [0.29, 0.717) is 16.7 Å². The summed E-state index contributed by atoms with van der Waals surface area (Å²) in [4.78, 5) is 55.5. The van der Waals surface area contributed by atoms with Crippen molar-refractivity contribution in [2.24, 2.45) is 0 Å². The van der Waals surface area contributed by atoms with Crippen molar-refractivity contribution in [3.63, 3.8) is 0 Å². The highest BCUT2D eigenvalue weighted by atomic mass is 19.4. The van der Waals surface area contributed by atoms with E-state index in [2.05, 4.69) is 22.2 Å². The third kappa shape index (κ3) is 9.62. The summed E-state index contributed by atoms with van der Waals surface area (Å²) in [7, 11) is 0.